The van der Waals surface area contributed by atoms with Crippen molar-refractivity contribution >= 4 is 5.97 Å². The summed E-state index contributed by atoms with van der Waals surface area (Å²) in [6, 6.07) is -0.354. The van der Waals surface area contributed by atoms with E-state index in [2.05, 4.69) is 5.32 Å². The number of carbonyl (C=O) groups is 1. The van der Waals surface area contributed by atoms with Gasteiger partial charge in [0, 0.05) is 0 Å². The van der Waals surface area contributed by atoms with Crippen LogP contribution in [0.3, 0.4) is 0 Å². The van der Waals surface area contributed by atoms with Crippen molar-refractivity contribution in [2.75, 3.05) is 6.54 Å². The van der Waals surface area contributed by atoms with E-state index in [9.17, 15) is 4.79 Å². The molecule has 0 unspecified atom stereocenters. The second-order valence-electron chi connectivity index (χ2n) is 3.46. The minimum atomic E-state index is -0.734. The van der Waals surface area contributed by atoms with Gasteiger partial charge in [0.25, 0.3) is 0 Å². The van der Waals surface area contributed by atoms with E-state index in [-0.39, 0.29) is 11.5 Å². The average molecular weight is 143 g/mol. The first-order valence-electron chi connectivity index (χ1n) is 3.50. The van der Waals surface area contributed by atoms with Gasteiger partial charge in [-0.3, -0.25) is 4.79 Å². The molecule has 0 saturated carbocycles. The maximum Gasteiger partial charge on any atom is 0.321 e. The van der Waals surface area contributed by atoms with Gasteiger partial charge in [0.15, 0.2) is 0 Å². The molecule has 0 aliphatic carbocycles. The van der Waals surface area contributed by atoms with Gasteiger partial charge in [0.2, 0.25) is 0 Å². The Morgan fingerprint density at radius 1 is 1.70 bits per heavy atom. The molecule has 1 atom stereocenters. The molecule has 2 N–H and O–H groups in total. The van der Waals surface area contributed by atoms with Gasteiger partial charge in [-0.15, -0.1) is 0 Å². The van der Waals surface area contributed by atoms with Crippen LogP contribution in [0.2, 0.25) is 0 Å². The van der Waals surface area contributed by atoms with Crippen molar-refractivity contribution in [2.24, 2.45) is 5.41 Å². The summed E-state index contributed by atoms with van der Waals surface area (Å²) in [5.74, 6) is -0.734. The molecule has 0 aromatic heterocycles. The fraction of sp³-hybridized carbons (Fsp3) is 0.857. The number of aliphatic carboxylic acids is 1. The van der Waals surface area contributed by atoms with Gasteiger partial charge >= 0.3 is 5.97 Å². The largest absolute Gasteiger partial charge is 0.480 e. The van der Waals surface area contributed by atoms with Crippen molar-refractivity contribution in [1.29, 1.82) is 0 Å². The predicted molar refractivity (Wildman–Crippen MR) is 37.8 cm³/mol. The molecule has 0 spiro atoms. The van der Waals surface area contributed by atoms with Crippen LogP contribution in [0.25, 0.3) is 0 Å². The second-order valence-corrected chi connectivity index (χ2v) is 3.46. The molecule has 0 radical (unpaired) electrons. The number of nitrogens with one attached hydrogen (secondary N) is 1. The lowest BCUT2D eigenvalue weighted by atomic mass is 9.85. The lowest BCUT2D eigenvalue weighted by Gasteiger charge is -2.21. The number of carboxylic acid groups (broad SMARTS) is 1. The van der Waals surface area contributed by atoms with Gasteiger partial charge in [0.1, 0.15) is 6.04 Å². The number of rotatable bonds is 1. The Hall–Kier alpha value is -0.570. The number of hydrogen-bond donors (Lipinski definition) is 2. The van der Waals surface area contributed by atoms with Crippen LogP contribution in [0.15, 0.2) is 0 Å². The molecule has 1 rings (SSSR count). The van der Waals surface area contributed by atoms with E-state index < -0.39 is 5.97 Å². The Morgan fingerprint density at radius 3 is 2.50 bits per heavy atom. The van der Waals surface area contributed by atoms with Crippen LogP contribution in [0.1, 0.15) is 20.3 Å². The van der Waals surface area contributed by atoms with E-state index in [1.807, 2.05) is 13.8 Å². The van der Waals surface area contributed by atoms with E-state index in [1.165, 1.54) is 0 Å². The Morgan fingerprint density at radius 2 is 2.30 bits per heavy atom. The maximum atomic E-state index is 10.6. The predicted octanol–water partition coefficient (Wildman–Crippen LogP) is 0.459. The van der Waals surface area contributed by atoms with E-state index in [1.54, 1.807) is 0 Å². The Labute approximate surface area is 60.4 Å². The summed E-state index contributed by atoms with van der Waals surface area (Å²) in [4.78, 5) is 10.6. The smallest absolute Gasteiger partial charge is 0.321 e. The molecular formula is C7H13NO2. The zero-order valence-corrected chi connectivity index (χ0v) is 6.35. The van der Waals surface area contributed by atoms with Crippen molar-refractivity contribution < 1.29 is 9.90 Å². The van der Waals surface area contributed by atoms with Gasteiger partial charge in [-0.05, 0) is 18.4 Å². The van der Waals surface area contributed by atoms with Gasteiger partial charge in [-0.2, -0.15) is 0 Å². The Balaban J connectivity index is 2.68. The van der Waals surface area contributed by atoms with E-state index >= 15 is 0 Å². The summed E-state index contributed by atoms with van der Waals surface area (Å²) in [7, 11) is 0. The fourth-order valence-electron chi connectivity index (χ4n) is 1.38. The Bertz CT molecular complexity index is 154. The summed E-state index contributed by atoms with van der Waals surface area (Å²) in [5.41, 5.74) is -0.0775. The average Bonchev–Trinajstić information content (AvgIpc) is 2.08. The lowest BCUT2D eigenvalue weighted by molar-refractivity contribution is -0.141. The molecular weight excluding hydrogens is 130 g/mol. The van der Waals surface area contributed by atoms with Gasteiger partial charge in [-0.1, -0.05) is 13.8 Å². The van der Waals surface area contributed by atoms with Gasteiger partial charge < -0.3 is 10.4 Å². The first-order valence-corrected chi connectivity index (χ1v) is 3.50. The standard InChI is InChI=1S/C7H13NO2/c1-7(2)3-4-8-5(7)6(9)10/h5,8H,3-4H2,1-2H3,(H,9,10)/t5-/m0/s1. The van der Waals surface area contributed by atoms with Crippen molar-refractivity contribution in [2.45, 2.75) is 26.3 Å². The quantitative estimate of drug-likeness (QED) is 0.560. The number of carboxylic acids is 1. The molecule has 1 heterocycles. The van der Waals surface area contributed by atoms with Gasteiger partial charge in [0.05, 0.1) is 0 Å². The highest BCUT2D eigenvalue weighted by atomic mass is 16.4. The molecule has 58 valence electrons. The van der Waals surface area contributed by atoms with Gasteiger partial charge in [-0.25, -0.2) is 0 Å². The molecule has 3 heteroatoms. The van der Waals surface area contributed by atoms with E-state index in [0.717, 1.165) is 13.0 Å². The highest BCUT2D eigenvalue weighted by molar-refractivity contribution is 5.75. The van der Waals surface area contributed by atoms with Crippen LogP contribution >= 0.6 is 0 Å². The normalized spacial score (nSPS) is 30.4. The molecule has 0 aromatic carbocycles. The van der Waals surface area contributed by atoms with Crippen LogP contribution in [0.5, 0.6) is 0 Å². The zero-order valence-electron chi connectivity index (χ0n) is 6.35. The third-order valence-electron chi connectivity index (χ3n) is 2.15. The van der Waals surface area contributed by atoms with Crippen LogP contribution < -0.4 is 5.32 Å². The summed E-state index contributed by atoms with van der Waals surface area (Å²) in [5, 5.41) is 11.6. The van der Waals surface area contributed by atoms with Crippen molar-refractivity contribution in [3.8, 4) is 0 Å². The second kappa shape index (κ2) is 2.23. The molecule has 10 heavy (non-hydrogen) atoms. The van der Waals surface area contributed by atoms with Crippen LogP contribution in [-0.4, -0.2) is 23.7 Å². The molecule has 1 fully saturated rings. The Kier molecular flexibility index (Phi) is 1.68. The lowest BCUT2D eigenvalue weighted by Crippen LogP contribution is -2.39. The monoisotopic (exact) mass is 143 g/mol. The van der Waals surface area contributed by atoms with Crippen molar-refractivity contribution in [3.63, 3.8) is 0 Å². The minimum Gasteiger partial charge on any atom is -0.480 e. The van der Waals surface area contributed by atoms with Crippen LogP contribution in [0, 0.1) is 5.41 Å². The van der Waals surface area contributed by atoms with Crippen LogP contribution in [-0.2, 0) is 4.79 Å². The molecule has 1 aliphatic heterocycles. The van der Waals surface area contributed by atoms with E-state index in [4.69, 9.17) is 5.11 Å². The topological polar surface area (TPSA) is 49.3 Å². The summed E-state index contributed by atoms with van der Waals surface area (Å²) < 4.78 is 0. The minimum absolute atomic E-state index is 0.0775. The van der Waals surface area contributed by atoms with Crippen molar-refractivity contribution in [3.05, 3.63) is 0 Å². The highest BCUT2D eigenvalue weighted by Crippen LogP contribution is 2.29. The molecule has 1 aliphatic rings. The summed E-state index contributed by atoms with van der Waals surface area (Å²) in [6.07, 6.45) is 0.948. The molecule has 1 saturated heterocycles. The van der Waals surface area contributed by atoms with Crippen molar-refractivity contribution in [1.82, 2.24) is 5.32 Å². The van der Waals surface area contributed by atoms with Crippen LogP contribution in [0.4, 0.5) is 0 Å². The molecule has 0 bridgehead atoms. The number of hydrogen-bond acceptors (Lipinski definition) is 2. The molecule has 0 aromatic rings. The first-order chi connectivity index (χ1) is 4.54. The third-order valence-corrected chi connectivity index (χ3v) is 2.15. The zero-order chi connectivity index (χ0) is 7.78. The fourth-order valence-corrected chi connectivity index (χ4v) is 1.38. The maximum absolute atomic E-state index is 10.6. The first kappa shape index (κ1) is 7.54. The molecule has 3 nitrogen and oxygen atoms in total. The highest BCUT2D eigenvalue weighted by Gasteiger charge is 2.38. The summed E-state index contributed by atoms with van der Waals surface area (Å²) >= 11 is 0. The molecule has 0 amide bonds. The summed E-state index contributed by atoms with van der Waals surface area (Å²) in [6.45, 7) is 4.78. The third kappa shape index (κ3) is 1.14. The van der Waals surface area contributed by atoms with E-state index in [0.29, 0.717) is 0 Å². The SMILES string of the molecule is CC1(C)CCN[C@H]1C(=O)O.